The zero-order chi connectivity index (χ0) is 11.4. The fraction of sp³-hybridized carbons (Fsp3) is 0.571. The van der Waals surface area contributed by atoms with Gasteiger partial charge in [0.25, 0.3) is 0 Å². The van der Waals surface area contributed by atoms with E-state index in [9.17, 15) is 0 Å². The monoisotopic (exact) mass is 281 g/mol. The van der Waals surface area contributed by atoms with Gasteiger partial charge < -0.3 is 5.32 Å². The van der Waals surface area contributed by atoms with Crippen LogP contribution in [0.1, 0.15) is 38.2 Å². The van der Waals surface area contributed by atoms with Gasteiger partial charge in [-0.25, -0.2) is 0 Å². The first-order chi connectivity index (χ1) is 7.75. The summed E-state index contributed by atoms with van der Waals surface area (Å²) in [7, 11) is 0. The molecule has 0 amide bonds. The summed E-state index contributed by atoms with van der Waals surface area (Å²) in [5.74, 6) is 0.899. The van der Waals surface area contributed by atoms with E-state index < -0.39 is 0 Å². The van der Waals surface area contributed by atoms with Crippen LogP contribution in [0, 0.1) is 5.92 Å². The van der Waals surface area contributed by atoms with Crippen LogP contribution in [0.15, 0.2) is 28.7 Å². The molecule has 16 heavy (non-hydrogen) atoms. The van der Waals surface area contributed by atoms with E-state index in [4.69, 9.17) is 0 Å². The van der Waals surface area contributed by atoms with Gasteiger partial charge in [0.05, 0.1) is 0 Å². The van der Waals surface area contributed by atoms with Crippen LogP contribution in [0.5, 0.6) is 0 Å². The summed E-state index contributed by atoms with van der Waals surface area (Å²) in [6.07, 6.45) is 5.67. The van der Waals surface area contributed by atoms with E-state index in [1.807, 2.05) is 0 Å². The molecule has 1 aromatic rings. The van der Waals surface area contributed by atoms with E-state index in [2.05, 4.69) is 52.4 Å². The van der Waals surface area contributed by atoms with Crippen molar-refractivity contribution in [3.63, 3.8) is 0 Å². The Labute approximate surface area is 107 Å². The molecule has 0 bridgehead atoms. The molecule has 0 saturated heterocycles. The second-order valence-electron chi connectivity index (χ2n) is 4.84. The van der Waals surface area contributed by atoms with Crippen LogP contribution in [0.3, 0.4) is 0 Å². The fourth-order valence-electron chi connectivity index (χ4n) is 2.51. The topological polar surface area (TPSA) is 12.0 Å². The Kier molecular flexibility index (Phi) is 4.42. The Bertz CT molecular complexity index is 314. The van der Waals surface area contributed by atoms with Crippen LogP contribution in [-0.2, 0) is 6.54 Å². The molecule has 1 atom stereocenters. The summed E-state index contributed by atoms with van der Waals surface area (Å²) < 4.78 is 1.15. The van der Waals surface area contributed by atoms with Crippen molar-refractivity contribution in [1.82, 2.24) is 5.32 Å². The predicted molar refractivity (Wildman–Crippen MR) is 72.4 cm³/mol. The summed E-state index contributed by atoms with van der Waals surface area (Å²) in [4.78, 5) is 0. The lowest BCUT2D eigenvalue weighted by molar-refractivity contribution is 0.380. The molecule has 1 saturated carbocycles. The second-order valence-corrected chi connectivity index (χ2v) is 5.76. The molecule has 0 aliphatic heterocycles. The average Bonchev–Trinajstić information content (AvgIpc) is 2.81. The molecule has 1 fully saturated rings. The summed E-state index contributed by atoms with van der Waals surface area (Å²) in [5.41, 5.74) is 1.37. The van der Waals surface area contributed by atoms with Gasteiger partial charge in [0.2, 0.25) is 0 Å². The number of hydrogen-bond acceptors (Lipinski definition) is 1. The quantitative estimate of drug-likeness (QED) is 0.876. The lowest BCUT2D eigenvalue weighted by Gasteiger charge is -2.20. The smallest absolute Gasteiger partial charge is 0.0208 e. The highest BCUT2D eigenvalue weighted by molar-refractivity contribution is 9.10. The molecule has 1 aliphatic carbocycles. The Morgan fingerprint density at radius 2 is 1.88 bits per heavy atom. The molecule has 0 spiro atoms. The maximum Gasteiger partial charge on any atom is 0.0208 e. The Morgan fingerprint density at radius 1 is 1.25 bits per heavy atom. The van der Waals surface area contributed by atoms with Crippen LogP contribution < -0.4 is 5.32 Å². The van der Waals surface area contributed by atoms with Crippen molar-refractivity contribution >= 4 is 15.9 Å². The summed E-state index contributed by atoms with van der Waals surface area (Å²) in [5, 5.41) is 3.64. The van der Waals surface area contributed by atoms with Crippen molar-refractivity contribution in [2.24, 2.45) is 5.92 Å². The minimum absolute atomic E-state index is 0.658. The summed E-state index contributed by atoms with van der Waals surface area (Å²) >= 11 is 3.46. The first-order valence-corrected chi connectivity index (χ1v) is 7.03. The highest BCUT2D eigenvalue weighted by atomic mass is 79.9. The first kappa shape index (κ1) is 12.1. The van der Waals surface area contributed by atoms with E-state index >= 15 is 0 Å². The first-order valence-electron chi connectivity index (χ1n) is 6.23. The number of halogens is 1. The van der Waals surface area contributed by atoms with Crippen molar-refractivity contribution in [2.75, 3.05) is 0 Å². The van der Waals surface area contributed by atoms with Gasteiger partial charge in [-0.05, 0) is 43.4 Å². The fourth-order valence-corrected chi connectivity index (χ4v) is 2.77. The Balaban J connectivity index is 1.80. The Morgan fingerprint density at radius 3 is 2.50 bits per heavy atom. The third kappa shape index (κ3) is 3.33. The van der Waals surface area contributed by atoms with Gasteiger partial charge in [-0.3, -0.25) is 0 Å². The van der Waals surface area contributed by atoms with Crippen molar-refractivity contribution in [3.8, 4) is 0 Å². The minimum Gasteiger partial charge on any atom is -0.310 e. The van der Waals surface area contributed by atoms with Crippen LogP contribution in [0.2, 0.25) is 0 Å². The number of nitrogens with one attached hydrogen (secondary N) is 1. The van der Waals surface area contributed by atoms with Gasteiger partial charge in [0.1, 0.15) is 0 Å². The van der Waals surface area contributed by atoms with Crippen LogP contribution in [0.4, 0.5) is 0 Å². The summed E-state index contributed by atoms with van der Waals surface area (Å²) in [6.45, 7) is 3.32. The highest BCUT2D eigenvalue weighted by Crippen LogP contribution is 2.27. The zero-order valence-electron chi connectivity index (χ0n) is 9.88. The lowest BCUT2D eigenvalue weighted by atomic mass is 9.99. The van der Waals surface area contributed by atoms with Gasteiger partial charge in [0, 0.05) is 17.1 Å². The second kappa shape index (κ2) is 5.83. The zero-order valence-corrected chi connectivity index (χ0v) is 11.5. The molecule has 88 valence electrons. The van der Waals surface area contributed by atoms with E-state index in [0.29, 0.717) is 6.04 Å². The van der Waals surface area contributed by atoms with E-state index in [1.165, 1.54) is 31.2 Å². The highest BCUT2D eigenvalue weighted by Gasteiger charge is 2.20. The minimum atomic E-state index is 0.658. The van der Waals surface area contributed by atoms with Gasteiger partial charge in [-0.1, -0.05) is 40.9 Å². The molecule has 0 radical (unpaired) electrons. The maximum absolute atomic E-state index is 3.64. The lowest BCUT2D eigenvalue weighted by Crippen LogP contribution is -2.31. The third-order valence-corrected chi connectivity index (χ3v) is 4.18. The number of rotatable bonds is 4. The maximum atomic E-state index is 3.64. The van der Waals surface area contributed by atoms with Crippen LogP contribution >= 0.6 is 15.9 Å². The standard InChI is InChI=1S/C14H20BrN/c1-11(13-4-2-3-5-13)16-10-12-6-8-14(15)9-7-12/h6-9,11,13,16H,2-5,10H2,1H3. The third-order valence-electron chi connectivity index (χ3n) is 3.65. The van der Waals surface area contributed by atoms with Crippen LogP contribution in [0.25, 0.3) is 0 Å². The largest absolute Gasteiger partial charge is 0.310 e. The van der Waals surface area contributed by atoms with Crippen molar-refractivity contribution in [1.29, 1.82) is 0 Å². The average molecular weight is 282 g/mol. The van der Waals surface area contributed by atoms with Gasteiger partial charge in [-0.2, -0.15) is 0 Å². The summed E-state index contributed by atoms with van der Waals surface area (Å²) in [6, 6.07) is 9.23. The molecular formula is C14H20BrN. The number of benzene rings is 1. The van der Waals surface area contributed by atoms with Crippen LogP contribution in [-0.4, -0.2) is 6.04 Å². The molecule has 1 aliphatic rings. The Hall–Kier alpha value is -0.340. The normalized spacial score (nSPS) is 18.9. The molecule has 0 aromatic heterocycles. The predicted octanol–water partition coefficient (Wildman–Crippen LogP) is 4.12. The molecule has 2 heteroatoms. The van der Waals surface area contributed by atoms with E-state index in [0.717, 1.165) is 16.9 Å². The molecule has 1 nitrogen and oxygen atoms in total. The van der Waals surface area contributed by atoms with Gasteiger partial charge >= 0.3 is 0 Å². The SMILES string of the molecule is CC(NCc1ccc(Br)cc1)C1CCCC1. The van der Waals surface area contributed by atoms with E-state index in [-0.39, 0.29) is 0 Å². The van der Waals surface area contributed by atoms with Gasteiger partial charge in [0.15, 0.2) is 0 Å². The molecule has 1 unspecified atom stereocenters. The molecule has 1 N–H and O–H groups in total. The van der Waals surface area contributed by atoms with Crippen molar-refractivity contribution in [2.45, 2.75) is 45.2 Å². The molecule has 0 heterocycles. The van der Waals surface area contributed by atoms with Crippen molar-refractivity contribution in [3.05, 3.63) is 34.3 Å². The number of hydrogen-bond donors (Lipinski definition) is 1. The van der Waals surface area contributed by atoms with Crippen molar-refractivity contribution < 1.29 is 0 Å². The molecule has 1 aromatic carbocycles. The molecular weight excluding hydrogens is 262 g/mol. The van der Waals surface area contributed by atoms with Gasteiger partial charge in [-0.15, -0.1) is 0 Å². The van der Waals surface area contributed by atoms with E-state index in [1.54, 1.807) is 0 Å². The molecule has 2 rings (SSSR count).